The number of rotatable bonds is 5. The van der Waals surface area contributed by atoms with Gasteiger partial charge in [-0.1, -0.05) is 12.1 Å². The molecule has 1 heterocycles. The Bertz CT molecular complexity index is 436. The van der Waals surface area contributed by atoms with Crippen LogP contribution >= 0.6 is 0 Å². The lowest BCUT2D eigenvalue weighted by Crippen LogP contribution is -2.07. The van der Waals surface area contributed by atoms with Crippen molar-refractivity contribution < 1.29 is 4.74 Å². The largest absolute Gasteiger partial charge is 0.380 e. The topological polar surface area (TPSA) is 49.9 Å². The molecule has 0 bridgehead atoms. The van der Waals surface area contributed by atoms with E-state index in [2.05, 4.69) is 46.7 Å². The second kappa shape index (κ2) is 5.50. The summed E-state index contributed by atoms with van der Waals surface area (Å²) in [4.78, 5) is 0. The van der Waals surface area contributed by atoms with Gasteiger partial charge in [-0.05, 0) is 30.7 Å². The highest BCUT2D eigenvalue weighted by Crippen LogP contribution is 2.17. The fraction of sp³-hybridized carbons (Fsp3) is 0.308. The Kier molecular flexibility index (Phi) is 3.77. The fourth-order valence-electron chi connectivity index (χ4n) is 1.70. The van der Waals surface area contributed by atoms with E-state index >= 15 is 0 Å². The van der Waals surface area contributed by atoms with Gasteiger partial charge in [-0.2, -0.15) is 5.10 Å². The molecule has 17 heavy (non-hydrogen) atoms. The van der Waals surface area contributed by atoms with E-state index in [-0.39, 0.29) is 6.04 Å². The van der Waals surface area contributed by atoms with Gasteiger partial charge >= 0.3 is 0 Å². The molecule has 0 radical (unpaired) electrons. The third-order valence-electron chi connectivity index (χ3n) is 2.64. The van der Waals surface area contributed by atoms with Gasteiger partial charge < -0.3 is 10.1 Å². The van der Waals surface area contributed by atoms with Gasteiger partial charge in [-0.25, -0.2) is 0 Å². The van der Waals surface area contributed by atoms with Gasteiger partial charge in [0.2, 0.25) is 0 Å². The van der Waals surface area contributed by atoms with Gasteiger partial charge in [0.15, 0.2) is 0 Å². The lowest BCUT2D eigenvalue weighted by atomic mass is 10.2. The molecular weight excluding hydrogens is 214 g/mol. The molecule has 2 aromatic rings. The van der Waals surface area contributed by atoms with Crippen LogP contribution in [0.15, 0.2) is 36.5 Å². The number of methoxy groups -OCH3 is 1. The van der Waals surface area contributed by atoms with E-state index in [1.54, 1.807) is 13.3 Å². The summed E-state index contributed by atoms with van der Waals surface area (Å²) in [6.07, 6.45) is 1.76. The van der Waals surface area contributed by atoms with Crippen LogP contribution in [0.1, 0.15) is 24.2 Å². The Hall–Kier alpha value is -1.81. The van der Waals surface area contributed by atoms with Crippen molar-refractivity contribution in [3.05, 3.63) is 47.8 Å². The van der Waals surface area contributed by atoms with Gasteiger partial charge in [0.05, 0.1) is 18.3 Å². The Balaban J connectivity index is 1.99. The lowest BCUT2D eigenvalue weighted by Gasteiger charge is -2.13. The van der Waals surface area contributed by atoms with E-state index in [1.807, 2.05) is 6.07 Å². The first-order valence-electron chi connectivity index (χ1n) is 5.63. The average Bonchev–Trinajstić information content (AvgIpc) is 2.86. The minimum absolute atomic E-state index is 0.214. The minimum atomic E-state index is 0.214. The summed E-state index contributed by atoms with van der Waals surface area (Å²) in [7, 11) is 1.70. The summed E-state index contributed by atoms with van der Waals surface area (Å²) < 4.78 is 5.07. The summed E-state index contributed by atoms with van der Waals surface area (Å²) in [5, 5.41) is 10.3. The Morgan fingerprint density at radius 1 is 1.29 bits per heavy atom. The van der Waals surface area contributed by atoms with E-state index in [0.29, 0.717) is 6.61 Å². The molecule has 0 aliphatic heterocycles. The maximum Gasteiger partial charge on any atom is 0.0713 e. The van der Waals surface area contributed by atoms with E-state index < -0.39 is 0 Å². The predicted octanol–water partition coefficient (Wildman–Crippen LogP) is 2.73. The molecule has 2 N–H and O–H groups in total. The molecule has 0 amide bonds. The van der Waals surface area contributed by atoms with Crippen LogP contribution in [-0.4, -0.2) is 17.3 Å². The van der Waals surface area contributed by atoms with Crippen molar-refractivity contribution in [3.8, 4) is 0 Å². The quantitative estimate of drug-likeness (QED) is 0.831. The summed E-state index contributed by atoms with van der Waals surface area (Å²) in [6, 6.07) is 10.4. The Labute approximate surface area is 101 Å². The highest BCUT2D eigenvalue weighted by molar-refractivity contribution is 5.46. The molecule has 0 saturated heterocycles. The van der Waals surface area contributed by atoms with E-state index in [1.165, 1.54) is 5.56 Å². The normalized spacial score (nSPS) is 12.4. The van der Waals surface area contributed by atoms with Crippen LogP contribution in [-0.2, 0) is 11.3 Å². The number of anilines is 1. The first kappa shape index (κ1) is 11.7. The molecule has 0 aliphatic rings. The number of nitrogens with one attached hydrogen (secondary N) is 2. The zero-order chi connectivity index (χ0) is 12.1. The monoisotopic (exact) mass is 231 g/mol. The van der Waals surface area contributed by atoms with Crippen molar-refractivity contribution in [2.75, 3.05) is 12.4 Å². The highest BCUT2D eigenvalue weighted by atomic mass is 16.5. The molecular formula is C13H17N3O. The molecule has 1 atom stereocenters. The Morgan fingerprint density at radius 2 is 2.06 bits per heavy atom. The number of aromatic amines is 1. The van der Waals surface area contributed by atoms with E-state index in [0.717, 1.165) is 11.4 Å². The SMILES string of the molecule is COCc1ccc(NC(C)c2ccn[nH]2)cc1. The third-order valence-corrected chi connectivity index (χ3v) is 2.64. The van der Waals surface area contributed by atoms with Crippen molar-refractivity contribution in [2.24, 2.45) is 0 Å². The summed E-state index contributed by atoms with van der Waals surface area (Å²) in [6.45, 7) is 2.74. The molecule has 1 aromatic carbocycles. The number of ether oxygens (including phenoxy) is 1. The van der Waals surface area contributed by atoms with Gasteiger partial charge in [-0.15, -0.1) is 0 Å². The summed E-state index contributed by atoms with van der Waals surface area (Å²) in [5.41, 5.74) is 3.34. The number of benzene rings is 1. The molecule has 2 rings (SSSR count). The smallest absolute Gasteiger partial charge is 0.0713 e. The molecule has 0 saturated carbocycles. The molecule has 0 aliphatic carbocycles. The third kappa shape index (κ3) is 3.07. The van der Waals surface area contributed by atoms with Crippen LogP contribution in [0.2, 0.25) is 0 Å². The molecule has 0 spiro atoms. The van der Waals surface area contributed by atoms with Crippen LogP contribution in [0, 0.1) is 0 Å². The Morgan fingerprint density at radius 3 is 2.65 bits per heavy atom. The molecule has 0 fully saturated rings. The predicted molar refractivity (Wildman–Crippen MR) is 67.8 cm³/mol. The summed E-state index contributed by atoms with van der Waals surface area (Å²) >= 11 is 0. The second-order valence-electron chi connectivity index (χ2n) is 4.01. The first-order chi connectivity index (χ1) is 8.29. The van der Waals surface area contributed by atoms with Crippen LogP contribution in [0.3, 0.4) is 0 Å². The first-order valence-corrected chi connectivity index (χ1v) is 5.63. The number of nitrogens with zero attached hydrogens (tertiary/aromatic N) is 1. The number of aromatic nitrogens is 2. The zero-order valence-electron chi connectivity index (χ0n) is 10.1. The highest BCUT2D eigenvalue weighted by Gasteiger charge is 2.05. The maximum atomic E-state index is 5.07. The van der Waals surface area contributed by atoms with Gasteiger partial charge in [0.25, 0.3) is 0 Å². The number of hydrogen-bond acceptors (Lipinski definition) is 3. The van der Waals surface area contributed by atoms with E-state index in [9.17, 15) is 0 Å². The number of hydrogen-bond donors (Lipinski definition) is 2. The molecule has 1 aromatic heterocycles. The van der Waals surface area contributed by atoms with Crippen molar-refractivity contribution >= 4 is 5.69 Å². The fourth-order valence-corrected chi connectivity index (χ4v) is 1.70. The number of H-pyrrole nitrogens is 1. The zero-order valence-corrected chi connectivity index (χ0v) is 10.1. The van der Waals surface area contributed by atoms with Crippen LogP contribution < -0.4 is 5.32 Å². The van der Waals surface area contributed by atoms with Gasteiger partial charge in [-0.3, -0.25) is 5.10 Å². The average molecular weight is 231 g/mol. The second-order valence-corrected chi connectivity index (χ2v) is 4.01. The van der Waals surface area contributed by atoms with Crippen LogP contribution in [0.5, 0.6) is 0 Å². The van der Waals surface area contributed by atoms with Crippen molar-refractivity contribution in [1.82, 2.24) is 10.2 Å². The molecule has 90 valence electrons. The summed E-state index contributed by atoms with van der Waals surface area (Å²) in [5.74, 6) is 0. The van der Waals surface area contributed by atoms with Crippen molar-refractivity contribution in [2.45, 2.75) is 19.6 Å². The minimum Gasteiger partial charge on any atom is -0.380 e. The van der Waals surface area contributed by atoms with E-state index in [4.69, 9.17) is 4.74 Å². The van der Waals surface area contributed by atoms with Crippen molar-refractivity contribution in [1.29, 1.82) is 0 Å². The van der Waals surface area contributed by atoms with Gasteiger partial charge in [0, 0.05) is 19.0 Å². The van der Waals surface area contributed by atoms with Crippen LogP contribution in [0.4, 0.5) is 5.69 Å². The lowest BCUT2D eigenvalue weighted by molar-refractivity contribution is 0.185. The molecule has 4 nitrogen and oxygen atoms in total. The van der Waals surface area contributed by atoms with Crippen LogP contribution in [0.25, 0.3) is 0 Å². The van der Waals surface area contributed by atoms with Gasteiger partial charge in [0.1, 0.15) is 0 Å². The molecule has 1 unspecified atom stereocenters. The molecule has 4 heteroatoms. The standard InChI is InChI=1S/C13H17N3O/c1-10(13-7-8-14-16-13)15-12-5-3-11(4-6-12)9-17-2/h3-8,10,15H,9H2,1-2H3,(H,14,16). The maximum absolute atomic E-state index is 5.07. The van der Waals surface area contributed by atoms with Crippen molar-refractivity contribution in [3.63, 3.8) is 0 Å².